The monoisotopic (exact) mass is 606 g/mol. The number of nitrogens with one attached hydrogen (secondary N) is 1. The van der Waals surface area contributed by atoms with Crippen molar-refractivity contribution in [2.24, 2.45) is 0 Å². The lowest BCUT2D eigenvalue weighted by atomic mass is 10.0. The van der Waals surface area contributed by atoms with E-state index in [2.05, 4.69) is 10.2 Å². The summed E-state index contributed by atoms with van der Waals surface area (Å²) in [5.41, 5.74) is 2.06. The smallest absolute Gasteiger partial charge is 0.366 e. The van der Waals surface area contributed by atoms with E-state index in [0.29, 0.717) is 33.9 Å². The van der Waals surface area contributed by atoms with Gasteiger partial charge in [0.15, 0.2) is 5.78 Å². The average molecular weight is 607 g/mol. The summed E-state index contributed by atoms with van der Waals surface area (Å²) >= 11 is 1.42. The van der Waals surface area contributed by atoms with Crippen LogP contribution in [0.4, 0.5) is 19.0 Å². The number of nitrogens with zero attached hydrogens (tertiary/aromatic N) is 3. The Kier molecular flexibility index (Phi) is 8.24. The fourth-order valence-corrected chi connectivity index (χ4v) is 6.94. The van der Waals surface area contributed by atoms with Gasteiger partial charge in [0.1, 0.15) is 5.82 Å². The van der Waals surface area contributed by atoms with Crippen LogP contribution < -0.4 is 5.32 Å². The Morgan fingerprint density at radius 2 is 1.74 bits per heavy atom. The number of ketones is 1. The molecule has 6 nitrogen and oxygen atoms in total. The molecular formula is C33H33F3N4O2S. The quantitative estimate of drug-likeness (QED) is 0.211. The van der Waals surface area contributed by atoms with Gasteiger partial charge in [-0.05, 0) is 99.3 Å². The number of rotatable bonds is 8. The molecule has 2 aliphatic heterocycles. The number of thiophene rings is 1. The second kappa shape index (κ2) is 12.1. The molecule has 2 aliphatic rings. The van der Waals surface area contributed by atoms with E-state index in [0.717, 1.165) is 60.4 Å². The normalized spacial score (nSPS) is 17.6. The molecule has 2 aromatic carbocycles. The lowest BCUT2D eigenvalue weighted by molar-refractivity contribution is -0.137. The van der Waals surface area contributed by atoms with E-state index in [4.69, 9.17) is 4.98 Å². The number of benzene rings is 2. The van der Waals surface area contributed by atoms with Crippen molar-refractivity contribution >= 4 is 39.7 Å². The van der Waals surface area contributed by atoms with Gasteiger partial charge in [0.2, 0.25) is 0 Å². The van der Waals surface area contributed by atoms with Gasteiger partial charge in [-0.3, -0.25) is 9.59 Å². The predicted molar refractivity (Wildman–Crippen MR) is 164 cm³/mol. The number of aromatic nitrogens is 1. The van der Waals surface area contributed by atoms with E-state index in [-0.39, 0.29) is 24.3 Å². The van der Waals surface area contributed by atoms with Gasteiger partial charge in [0.05, 0.1) is 21.5 Å². The predicted octanol–water partition coefficient (Wildman–Crippen LogP) is 7.50. The molecule has 6 rings (SSSR count). The number of alkyl halides is 3. The molecule has 10 heteroatoms. The highest BCUT2D eigenvalue weighted by atomic mass is 32.1. The van der Waals surface area contributed by atoms with Gasteiger partial charge >= 0.3 is 6.18 Å². The van der Waals surface area contributed by atoms with Gasteiger partial charge in [0, 0.05) is 35.9 Å². The molecule has 0 aliphatic carbocycles. The summed E-state index contributed by atoms with van der Waals surface area (Å²) in [5, 5.41) is 3.95. The number of hydrogen-bond acceptors (Lipinski definition) is 6. The molecule has 2 fully saturated rings. The summed E-state index contributed by atoms with van der Waals surface area (Å²) in [4.78, 5) is 37.0. The Bertz CT molecular complexity index is 1640. The summed E-state index contributed by atoms with van der Waals surface area (Å²) in [6.07, 6.45) is -0.0705. The average Bonchev–Trinajstić information content (AvgIpc) is 3.78. The maximum absolute atomic E-state index is 14.2. The molecule has 0 spiro atoms. The van der Waals surface area contributed by atoms with Gasteiger partial charge in [-0.1, -0.05) is 18.2 Å². The number of hydrogen-bond donors (Lipinski definition) is 1. The summed E-state index contributed by atoms with van der Waals surface area (Å²) in [7, 11) is 0. The summed E-state index contributed by atoms with van der Waals surface area (Å²) < 4.78 is 39.0. The minimum absolute atomic E-state index is 0.0106. The number of carbonyl (C=O) groups excluding carboxylic acids is 2. The van der Waals surface area contributed by atoms with E-state index < -0.39 is 11.7 Å². The van der Waals surface area contributed by atoms with E-state index in [9.17, 15) is 22.8 Å². The molecule has 0 bridgehead atoms. The van der Waals surface area contributed by atoms with Crippen molar-refractivity contribution in [1.29, 1.82) is 0 Å². The molecule has 4 heterocycles. The number of pyridine rings is 1. The van der Waals surface area contributed by atoms with Crippen LogP contribution in [-0.2, 0) is 12.7 Å². The van der Waals surface area contributed by atoms with Crippen molar-refractivity contribution in [2.45, 2.75) is 51.4 Å². The SMILES string of the molecule is CC(=O)c1ccc(-c2ccc3nc(NCc4ccc(C(F)(F)F)cc4)cc(C(=O)N4CCC[C@H]4CN4CCCC4)c3c2)s1. The highest BCUT2D eigenvalue weighted by Crippen LogP contribution is 2.34. The van der Waals surface area contributed by atoms with Crippen LogP contribution in [0.5, 0.6) is 0 Å². The Morgan fingerprint density at radius 3 is 2.44 bits per heavy atom. The van der Waals surface area contributed by atoms with Crippen LogP contribution >= 0.6 is 11.3 Å². The van der Waals surface area contributed by atoms with Crippen LogP contribution in [0, 0.1) is 0 Å². The Balaban J connectivity index is 1.33. The number of Topliss-reactive ketones (excluding diaryl/α,β-unsaturated/α-hetero) is 1. The van der Waals surface area contributed by atoms with E-state index in [1.165, 1.54) is 36.3 Å². The zero-order valence-electron chi connectivity index (χ0n) is 23.9. The van der Waals surface area contributed by atoms with Crippen molar-refractivity contribution in [2.75, 3.05) is 31.5 Å². The van der Waals surface area contributed by atoms with Crippen LogP contribution in [0.25, 0.3) is 21.3 Å². The van der Waals surface area contributed by atoms with E-state index in [1.54, 1.807) is 13.0 Å². The minimum Gasteiger partial charge on any atom is -0.366 e. The molecule has 0 radical (unpaired) electrons. The van der Waals surface area contributed by atoms with Crippen molar-refractivity contribution in [1.82, 2.24) is 14.8 Å². The molecule has 2 aromatic heterocycles. The van der Waals surface area contributed by atoms with Crippen molar-refractivity contribution in [3.8, 4) is 10.4 Å². The minimum atomic E-state index is -4.39. The van der Waals surface area contributed by atoms with E-state index in [1.807, 2.05) is 35.2 Å². The van der Waals surface area contributed by atoms with Gasteiger partial charge < -0.3 is 15.1 Å². The largest absolute Gasteiger partial charge is 0.416 e. The number of amides is 1. The van der Waals surface area contributed by atoms with E-state index >= 15 is 0 Å². The zero-order valence-corrected chi connectivity index (χ0v) is 24.7. The van der Waals surface area contributed by atoms with Crippen LogP contribution in [0.1, 0.15) is 63.8 Å². The first kappa shape index (κ1) is 29.3. The van der Waals surface area contributed by atoms with Crippen LogP contribution in [0.15, 0.2) is 60.7 Å². The third-order valence-electron chi connectivity index (χ3n) is 8.34. The number of halogens is 3. The Labute approximate surface area is 252 Å². The van der Waals surface area contributed by atoms with Crippen molar-refractivity contribution < 1.29 is 22.8 Å². The van der Waals surface area contributed by atoms with Crippen LogP contribution in [0.3, 0.4) is 0 Å². The second-order valence-corrected chi connectivity index (χ2v) is 12.4. The molecule has 224 valence electrons. The second-order valence-electron chi connectivity index (χ2n) is 11.4. The number of likely N-dealkylation sites (tertiary alicyclic amines) is 2. The standard InChI is InChI=1S/C33H33F3N4O2S/c1-21(41)29-12-13-30(43-29)23-8-11-28-26(17-23)27(32(42)40-16-4-5-25(40)20-39-14-2-3-15-39)18-31(38-28)37-19-22-6-9-24(10-7-22)33(34,35)36/h6-13,17-18,25H,2-5,14-16,19-20H2,1H3,(H,37,38)/t25-/m0/s1. The molecule has 0 saturated carbocycles. The van der Waals surface area contributed by atoms with Gasteiger partial charge in [-0.2, -0.15) is 13.2 Å². The lowest BCUT2D eigenvalue weighted by Crippen LogP contribution is -2.42. The molecule has 43 heavy (non-hydrogen) atoms. The fourth-order valence-electron chi connectivity index (χ4n) is 6.04. The van der Waals surface area contributed by atoms with Gasteiger partial charge in [-0.25, -0.2) is 4.98 Å². The molecular weight excluding hydrogens is 573 g/mol. The van der Waals surface area contributed by atoms with Crippen LogP contribution in [-0.4, -0.2) is 58.7 Å². The van der Waals surface area contributed by atoms with Crippen LogP contribution in [0.2, 0.25) is 0 Å². The fraction of sp³-hybridized carbons (Fsp3) is 0.364. The third kappa shape index (κ3) is 6.45. The summed E-state index contributed by atoms with van der Waals surface area (Å²) in [6.45, 7) is 5.52. The molecule has 0 unspecified atom stereocenters. The first-order valence-electron chi connectivity index (χ1n) is 14.6. The molecule has 4 aromatic rings. The number of anilines is 1. The lowest BCUT2D eigenvalue weighted by Gasteiger charge is -2.29. The highest BCUT2D eigenvalue weighted by molar-refractivity contribution is 7.17. The van der Waals surface area contributed by atoms with Crippen molar-refractivity contribution in [3.63, 3.8) is 0 Å². The maximum atomic E-state index is 14.2. The van der Waals surface area contributed by atoms with Gasteiger partial charge in [-0.15, -0.1) is 11.3 Å². The maximum Gasteiger partial charge on any atom is 0.416 e. The summed E-state index contributed by atoms with van der Waals surface area (Å²) in [5.74, 6) is 0.449. The molecule has 2 saturated heterocycles. The first-order valence-corrected chi connectivity index (χ1v) is 15.5. The third-order valence-corrected chi connectivity index (χ3v) is 9.57. The number of fused-ring (bicyclic) bond motifs is 1. The Morgan fingerprint density at radius 1 is 0.977 bits per heavy atom. The Hall–Kier alpha value is -3.76. The molecule has 1 atom stereocenters. The van der Waals surface area contributed by atoms with Crippen molar-refractivity contribution in [3.05, 3.63) is 82.2 Å². The topological polar surface area (TPSA) is 65.5 Å². The number of carbonyl (C=O) groups is 2. The van der Waals surface area contributed by atoms with Gasteiger partial charge in [0.25, 0.3) is 5.91 Å². The molecule has 1 N–H and O–H groups in total. The summed E-state index contributed by atoms with van der Waals surface area (Å²) in [6, 6.07) is 16.5. The highest BCUT2D eigenvalue weighted by Gasteiger charge is 2.33. The first-order chi connectivity index (χ1) is 20.7. The molecule has 1 amide bonds. The zero-order chi connectivity index (χ0) is 30.1.